The van der Waals surface area contributed by atoms with E-state index in [-0.39, 0.29) is 60.2 Å². The summed E-state index contributed by atoms with van der Waals surface area (Å²) >= 11 is 2.31. The number of hydrogen-bond donors (Lipinski definition) is 16. The van der Waals surface area contributed by atoms with E-state index in [1.165, 1.54) is 68.9 Å². The second kappa shape index (κ2) is 36.3. The molecule has 34 heteroatoms. The van der Waals surface area contributed by atoms with Gasteiger partial charge in [-0.05, 0) is 97.6 Å². The van der Waals surface area contributed by atoms with Gasteiger partial charge in [0.1, 0.15) is 65.9 Å². The summed E-state index contributed by atoms with van der Waals surface area (Å²) in [7, 11) is -5.02. The predicted octanol–water partition coefficient (Wildman–Crippen LogP) is -3.03. The zero-order valence-electron chi connectivity index (χ0n) is 49.3. The van der Waals surface area contributed by atoms with E-state index in [0.29, 0.717) is 11.3 Å². The maximum Gasteiger partial charge on any atom is 0.524 e. The molecule has 0 spiro atoms. The van der Waals surface area contributed by atoms with Gasteiger partial charge in [0.25, 0.3) is 0 Å². The van der Waals surface area contributed by atoms with E-state index in [1.54, 1.807) is 20.1 Å². The number of phosphoric acid groups is 1. The van der Waals surface area contributed by atoms with Gasteiger partial charge < -0.3 is 79.4 Å². The van der Waals surface area contributed by atoms with Crippen molar-refractivity contribution >= 4 is 108 Å². The predicted molar refractivity (Wildman–Crippen MR) is 320 cm³/mol. The van der Waals surface area contributed by atoms with Crippen LogP contribution in [0.3, 0.4) is 0 Å². The van der Waals surface area contributed by atoms with Crippen molar-refractivity contribution in [2.45, 2.75) is 140 Å². The molecule has 12 amide bonds. The van der Waals surface area contributed by atoms with Crippen molar-refractivity contribution in [3.63, 3.8) is 0 Å². The van der Waals surface area contributed by atoms with Crippen LogP contribution >= 0.6 is 31.3 Å². The fraction of sp³-hybridized carbons (Fsp3) is 0.537. The third-order valence-electron chi connectivity index (χ3n) is 13.0. The first-order valence-electron chi connectivity index (χ1n) is 27.7. The highest BCUT2D eigenvalue weighted by molar-refractivity contribution is 7.99. The van der Waals surface area contributed by atoms with Crippen molar-refractivity contribution in [1.29, 1.82) is 0 Å². The number of thioether (sulfide) groups is 2. The number of carboxylic acids is 1. The van der Waals surface area contributed by atoms with Crippen LogP contribution in [0.25, 0.3) is 0 Å². The number of aromatic hydroxyl groups is 1. The average Bonchev–Trinajstić information content (AvgIpc) is 3.63. The first-order chi connectivity index (χ1) is 41.2. The molecule has 88 heavy (non-hydrogen) atoms. The van der Waals surface area contributed by atoms with E-state index in [0.717, 1.165) is 23.9 Å². The lowest BCUT2D eigenvalue weighted by molar-refractivity contribution is -0.139. The number of phenols is 1. The van der Waals surface area contributed by atoms with Gasteiger partial charge in [-0.3, -0.25) is 72.1 Å². The maximum absolute atomic E-state index is 14.4. The van der Waals surface area contributed by atoms with Crippen LogP contribution in [0.2, 0.25) is 0 Å². The Balaban J connectivity index is 2.13. The molecule has 1 heterocycles. The number of nitrogens with two attached hydrogens (primary N) is 2. The third-order valence-corrected chi connectivity index (χ3v) is 15.1. The topological polar surface area (TPSA) is 501 Å². The molecule has 4 unspecified atom stereocenters. The molecule has 18 N–H and O–H groups in total. The molecule has 1 aliphatic heterocycles. The molecule has 31 nitrogen and oxygen atoms in total. The number of carboxylic acid groups (broad SMARTS) is 1. The average molecular weight is 1300 g/mol. The van der Waals surface area contributed by atoms with Crippen LogP contribution in [-0.2, 0) is 79.7 Å². The summed E-state index contributed by atoms with van der Waals surface area (Å²) in [5, 5.41) is 44.3. The molecule has 2 aromatic carbocycles. The van der Waals surface area contributed by atoms with Crippen molar-refractivity contribution in [2.24, 2.45) is 23.3 Å². The number of phosphoric ester groups is 1. The third kappa shape index (κ3) is 27.4. The second-order valence-electron chi connectivity index (χ2n) is 21.3. The molecule has 2 aromatic rings. The molecular weight excluding hydrogens is 1220 g/mol. The van der Waals surface area contributed by atoms with Crippen LogP contribution in [-0.4, -0.2) is 181 Å². The van der Waals surface area contributed by atoms with Crippen molar-refractivity contribution < 1.29 is 91.4 Å². The Morgan fingerprint density at radius 2 is 1.15 bits per heavy atom. The number of aliphatic carboxylic acids is 1. The quantitative estimate of drug-likeness (QED) is 0.0660. The minimum absolute atomic E-state index is 0.00306. The number of hydrogen-bond acceptors (Lipinski definition) is 18. The van der Waals surface area contributed by atoms with Crippen molar-refractivity contribution in [3.8, 4) is 11.5 Å². The van der Waals surface area contributed by atoms with Gasteiger partial charge in [0, 0.05) is 19.3 Å². The van der Waals surface area contributed by atoms with Crippen molar-refractivity contribution in [1.82, 2.24) is 53.2 Å². The Morgan fingerprint density at radius 3 is 1.67 bits per heavy atom. The molecule has 0 saturated carbocycles. The number of carbonyl (C=O) groups excluding carboxylic acids is 12. The monoisotopic (exact) mass is 1290 g/mol. The molecule has 1 fully saturated rings. The Hall–Kier alpha value is -8.00. The number of benzene rings is 2. The van der Waals surface area contributed by atoms with Crippen molar-refractivity contribution in [2.75, 3.05) is 30.1 Å². The van der Waals surface area contributed by atoms with Crippen LogP contribution < -0.4 is 69.2 Å². The lowest BCUT2D eigenvalue weighted by Crippen LogP contribution is -2.61. The van der Waals surface area contributed by atoms with E-state index in [2.05, 4.69) is 57.7 Å². The Morgan fingerprint density at radius 1 is 0.648 bits per heavy atom. The van der Waals surface area contributed by atoms with Gasteiger partial charge in [0.05, 0.1) is 18.7 Å². The van der Waals surface area contributed by atoms with Gasteiger partial charge in [-0.25, -0.2) is 4.57 Å². The smallest absolute Gasteiger partial charge is 0.508 e. The summed E-state index contributed by atoms with van der Waals surface area (Å²) in [6.07, 6.45) is -1.44. The Kier molecular flexibility index (Phi) is 30.7. The summed E-state index contributed by atoms with van der Waals surface area (Å²) < 4.78 is 16.1. The van der Waals surface area contributed by atoms with Crippen LogP contribution in [0.15, 0.2) is 48.5 Å². The summed E-state index contributed by atoms with van der Waals surface area (Å²) in [4.78, 5) is 195. The zero-order valence-corrected chi connectivity index (χ0v) is 51.8. The van der Waals surface area contributed by atoms with E-state index in [4.69, 9.17) is 11.5 Å². The van der Waals surface area contributed by atoms with E-state index in [1.807, 2.05) is 0 Å². The molecular formula is C54H79N12O19PS2. The van der Waals surface area contributed by atoms with Gasteiger partial charge in [-0.15, -0.1) is 0 Å². The molecule has 0 aliphatic carbocycles. The molecule has 0 aromatic heterocycles. The molecule has 0 bridgehead atoms. The lowest BCUT2D eigenvalue weighted by Gasteiger charge is -2.28. The van der Waals surface area contributed by atoms with Gasteiger partial charge in [-0.1, -0.05) is 52.0 Å². The number of carbonyl (C=O) groups is 13. The Bertz CT molecular complexity index is 2860. The van der Waals surface area contributed by atoms with Crippen LogP contribution in [0.4, 0.5) is 0 Å². The molecule has 0 radical (unpaired) electrons. The van der Waals surface area contributed by atoms with Crippen LogP contribution in [0.5, 0.6) is 11.5 Å². The van der Waals surface area contributed by atoms with Gasteiger partial charge in [-0.2, -0.15) is 23.5 Å². The summed E-state index contributed by atoms with van der Waals surface area (Å²) in [6, 6.07) is -3.26. The minimum Gasteiger partial charge on any atom is -0.508 e. The summed E-state index contributed by atoms with van der Waals surface area (Å²) in [6.45, 7) is 6.95. The molecule has 9 atom stereocenters. The number of amides is 12. The van der Waals surface area contributed by atoms with Crippen molar-refractivity contribution in [3.05, 3.63) is 59.7 Å². The highest BCUT2D eigenvalue weighted by Crippen LogP contribution is 2.37. The molecule has 3 rings (SSSR count). The summed E-state index contributed by atoms with van der Waals surface area (Å²) in [5.74, 6) is -14.7. The van der Waals surface area contributed by atoms with Gasteiger partial charge >= 0.3 is 13.8 Å². The Labute approximate surface area is 515 Å². The maximum atomic E-state index is 14.4. The highest BCUT2D eigenvalue weighted by Gasteiger charge is 2.36. The van der Waals surface area contributed by atoms with Crippen LogP contribution in [0.1, 0.15) is 84.3 Å². The molecule has 486 valence electrons. The van der Waals surface area contributed by atoms with Gasteiger partial charge in [0.2, 0.25) is 70.9 Å². The summed E-state index contributed by atoms with van der Waals surface area (Å²) in [5.41, 5.74) is 11.9. The molecule has 1 saturated heterocycles. The fourth-order valence-electron chi connectivity index (χ4n) is 8.47. The molecule has 1 aliphatic rings. The second-order valence-corrected chi connectivity index (χ2v) is 24.5. The first-order valence-corrected chi connectivity index (χ1v) is 31.8. The first kappa shape index (κ1) is 74.3. The largest absolute Gasteiger partial charge is 0.524 e. The highest BCUT2D eigenvalue weighted by atomic mass is 32.2. The van der Waals surface area contributed by atoms with Crippen LogP contribution in [0, 0.1) is 11.8 Å². The standard InChI is InChI=1S/C54H79N12O19PS2/c1-27(2)21-37-50(77)64-39(23-31-9-13-33(14-10-31)85-86(82,83)84)52(79)61-35(15-16-44(71)72)48(75)65-40(24-41(55)68)53(80)66-45(28(3)4)54(81)57-25-42(69)59-36(17-19-87-6)49(76)63-38(22-30-7-11-32(67)12-8-30)51(78)60-34(46(56)73)18-20-88-26-43(70)58-29(5)47(74)62-37/h7-14,27-29,34-40,45,67H,15-26H2,1-6H3,(H2,55,68)(H2,56,73)(H,57,81)(H,58,70)(H,59,69)(H,60,78)(H,61,79)(H,62,74)(H,63,76)(H,64,77)(H,65,75)(H,66,80)(H,71,72)(H2,82,83,84)/t29-,34+,35?,36?,37-,38?,39-,40-,45?/m0/s1. The van der Waals surface area contributed by atoms with E-state index in [9.17, 15) is 86.9 Å². The number of rotatable bonds is 18. The number of primary amides is 2. The fourth-order valence-corrected chi connectivity index (χ4v) is 10.2. The van der Waals surface area contributed by atoms with E-state index >= 15 is 0 Å². The lowest BCUT2D eigenvalue weighted by atomic mass is 10.00. The van der Waals surface area contributed by atoms with E-state index < -0.39 is 177 Å². The zero-order chi connectivity index (χ0) is 66.0. The SMILES string of the molecule is CSCCC1NC(=O)CNC(=O)C(C(C)C)NC(=O)[C@H](CC(N)=O)NC(=O)C(CCC(=O)O)NC(=O)[C@H](Cc2ccc(OP(=O)(O)O)cc2)NC(=O)[C@H](CC(C)C)NC(=O)[C@H](C)NC(=O)CSCC[C@H](C(N)=O)NC(=O)C(Cc2ccc(O)cc2)NC1=O. The van der Waals surface area contributed by atoms with Gasteiger partial charge in [0.15, 0.2) is 0 Å². The number of nitrogens with one attached hydrogen (secondary N) is 10. The minimum atomic E-state index is -5.02. The number of phenolic OH excluding ortho intramolecular Hbond substituents is 1. The normalized spacial score (nSPS) is 23.6.